The molecule has 1 aromatic rings. The van der Waals surface area contributed by atoms with E-state index in [2.05, 4.69) is 5.32 Å². The lowest BCUT2D eigenvalue weighted by Crippen LogP contribution is -2.55. The molecule has 1 fully saturated rings. The Morgan fingerprint density at radius 3 is 2.42 bits per heavy atom. The molecule has 1 amide bonds. The molecule has 1 heterocycles. The number of carbonyl (C=O) groups excluding carboxylic acids is 1. The summed E-state index contributed by atoms with van der Waals surface area (Å²) < 4.78 is 32.1. The summed E-state index contributed by atoms with van der Waals surface area (Å²) in [5.41, 5.74) is 2.04. The number of rotatable bonds is 7. The predicted octanol–water partition coefficient (Wildman–Crippen LogP) is 0.761. The van der Waals surface area contributed by atoms with Gasteiger partial charge in [-0.3, -0.25) is 9.69 Å². The Balaban J connectivity index is 1.96. The lowest BCUT2D eigenvalue weighted by molar-refractivity contribution is -0.126. The summed E-state index contributed by atoms with van der Waals surface area (Å²) in [6, 6.07) is 4.93. The molecule has 1 aliphatic heterocycles. The van der Waals surface area contributed by atoms with Crippen molar-refractivity contribution in [1.82, 2.24) is 14.5 Å². The smallest absolute Gasteiger partial charge is 0.243 e. The van der Waals surface area contributed by atoms with Gasteiger partial charge in [-0.25, -0.2) is 8.42 Å². The van der Waals surface area contributed by atoms with Crippen LogP contribution in [-0.2, 0) is 19.6 Å². The van der Waals surface area contributed by atoms with Gasteiger partial charge in [0.05, 0.1) is 17.5 Å². The van der Waals surface area contributed by atoms with E-state index in [9.17, 15) is 13.2 Å². The second kappa shape index (κ2) is 8.94. The Bertz CT molecular complexity index is 728. The van der Waals surface area contributed by atoms with Gasteiger partial charge in [0.25, 0.3) is 0 Å². The summed E-state index contributed by atoms with van der Waals surface area (Å²) in [5.74, 6) is -0.0625. The molecule has 8 heteroatoms. The highest BCUT2D eigenvalue weighted by Crippen LogP contribution is 2.21. The summed E-state index contributed by atoms with van der Waals surface area (Å²) in [5, 5.41) is 2.82. The molecule has 0 aliphatic carbocycles. The van der Waals surface area contributed by atoms with E-state index in [1.807, 2.05) is 31.7 Å². The molecule has 0 aromatic heterocycles. The first-order chi connectivity index (χ1) is 12.3. The minimum absolute atomic E-state index is 0.0625. The zero-order valence-corrected chi connectivity index (χ0v) is 16.8. The van der Waals surface area contributed by atoms with Crippen LogP contribution in [0.1, 0.15) is 18.1 Å². The Labute approximate surface area is 156 Å². The van der Waals surface area contributed by atoms with E-state index < -0.39 is 10.0 Å². The highest BCUT2D eigenvalue weighted by atomic mass is 32.2. The number of nitrogens with zero attached hydrogens (tertiary/aromatic N) is 2. The molecule has 0 saturated carbocycles. The molecule has 0 unspecified atom stereocenters. The van der Waals surface area contributed by atoms with E-state index in [0.717, 1.165) is 11.1 Å². The minimum atomic E-state index is -3.50. The van der Waals surface area contributed by atoms with Gasteiger partial charge in [0.15, 0.2) is 0 Å². The normalized spacial score (nSPS) is 17.8. The maximum Gasteiger partial charge on any atom is 0.243 e. The van der Waals surface area contributed by atoms with Crippen LogP contribution in [0.25, 0.3) is 0 Å². The molecule has 0 bridgehead atoms. The number of ether oxygens (including phenoxy) is 1. The lowest BCUT2D eigenvalue weighted by Gasteiger charge is -2.36. The molecular weight excluding hydrogens is 354 g/mol. The van der Waals surface area contributed by atoms with Crippen LogP contribution < -0.4 is 5.32 Å². The SMILES string of the molecule is COCCNC(=O)[C@@H](C)N1CCN(S(=O)(=O)c2ccc(C)c(C)c2)CC1. The molecule has 1 saturated heterocycles. The van der Waals surface area contributed by atoms with E-state index in [1.165, 1.54) is 4.31 Å². The Morgan fingerprint density at radius 2 is 1.85 bits per heavy atom. The third kappa shape index (κ3) is 4.82. The number of aryl methyl sites for hydroxylation is 2. The van der Waals surface area contributed by atoms with Crippen LogP contribution in [0.3, 0.4) is 0 Å². The van der Waals surface area contributed by atoms with Crippen LogP contribution in [0.2, 0.25) is 0 Å². The zero-order valence-electron chi connectivity index (χ0n) is 16.0. The van der Waals surface area contributed by atoms with Gasteiger partial charge in [0.1, 0.15) is 0 Å². The lowest BCUT2D eigenvalue weighted by atomic mass is 10.1. The van der Waals surface area contributed by atoms with Crippen LogP contribution in [0.4, 0.5) is 0 Å². The number of carbonyl (C=O) groups is 1. The molecule has 26 heavy (non-hydrogen) atoms. The highest BCUT2D eigenvalue weighted by molar-refractivity contribution is 7.89. The average molecular weight is 384 g/mol. The maximum atomic E-state index is 12.8. The number of methoxy groups -OCH3 is 1. The first-order valence-electron chi connectivity index (χ1n) is 8.85. The molecule has 1 aromatic carbocycles. The van der Waals surface area contributed by atoms with Gasteiger partial charge in [-0.2, -0.15) is 4.31 Å². The summed E-state index contributed by atoms with van der Waals surface area (Å²) in [7, 11) is -1.91. The van der Waals surface area contributed by atoms with E-state index in [4.69, 9.17) is 4.74 Å². The van der Waals surface area contributed by atoms with Crippen molar-refractivity contribution >= 4 is 15.9 Å². The molecule has 1 N–H and O–H groups in total. The fourth-order valence-electron chi connectivity index (χ4n) is 2.94. The Morgan fingerprint density at radius 1 is 1.19 bits per heavy atom. The first kappa shape index (κ1) is 20.8. The van der Waals surface area contributed by atoms with Crippen molar-refractivity contribution in [3.05, 3.63) is 29.3 Å². The molecule has 1 atom stereocenters. The number of benzene rings is 1. The molecular formula is C18H29N3O4S. The molecule has 0 spiro atoms. The van der Waals surface area contributed by atoms with Crippen LogP contribution in [0.5, 0.6) is 0 Å². The summed E-state index contributed by atoms with van der Waals surface area (Å²) in [6.07, 6.45) is 0. The molecule has 146 valence electrons. The summed E-state index contributed by atoms with van der Waals surface area (Å²) >= 11 is 0. The largest absolute Gasteiger partial charge is 0.383 e. The number of sulfonamides is 1. The van der Waals surface area contributed by atoms with Gasteiger partial charge in [0.2, 0.25) is 15.9 Å². The van der Waals surface area contributed by atoms with Crippen LogP contribution in [0.15, 0.2) is 23.1 Å². The van der Waals surface area contributed by atoms with Crippen molar-refractivity contribution in [2.45, 2.75) is 31.7 Å². The fraction of sp³-hybridized carbons (Fsp3) is 0.611. The van der Waals surface area contributed by atoms with Crippen molar-refractivity contribution in [2.24, 2.45) is 0 Å². The summed E-state index contributed by atoms with van der Waals surface area (Å²) in [6.45, 7) is 8.48. The Hall–Kier alpha value is -1.48. The second-order valence-electron chi connectivity index (χ2n) is 6.65. The number of amides is 1. The molecule has 2 rings (SSSR count). The average Bonchev–Trinajstić information content (AvgIpc) is 2.63. The van der Waals surface area contributed by atoms with E-state index >= 15 is 0 Å². The predicted molar refractivity (Wildman–Crippen MR) is 101 cm³/mol. The van der Waals surface area contributed by atoms with Crippen LogP contribution in [-0.4, -0.2) is 76.0 Å². The van der Waals surface area contributed by atoms with Crippen LogP contribution in [0, 0.1) is 13.8 Å². The van der Waals surface area contributed by atoms with E-state index in [0.29, 0.717) is 44.2 Å². The Kier molecular flexibility index (Phi) is 7.16. The van der Waals surface area contributed by atoms with Gasteiger partial charge in [-0.15, -0.1) is 0 Å². The number of nitrogens with one attached hydrogen (secondary N) is 1. The van der Waals surface area contributed by atoms with Crippen molar-refractivity contribution in [1.29, 1.82) is 0 Å². The third-order valence-corrected chi connectivity index (χ3v) is 6.82. The molecule has 7 nitrogen and oxygen atoms in total. The third-order valence-electron chi connectivity index (χ3n) is 4.92. The van der Waals surface area contributed by atoms with Crippen molar-refractivity contribution in [3.8, 4) is 0 Å². The van der Waals surface area contributed by atoms with Gasteiger partial charge in [0, 0.05) is 39.8 Å². The maximum absolute atomic E-state index is 12.8. The van der Waals surface area contributed by atoms with Crippen LogP contribution >= 0.6 is 0 Å². The quantitative estimate of drug-likeness (QED) is 0.704. The molecule has 0 radical (unpaired) electrons. The monoisotopic (exact) mass is 383 g/mol. The second-order valence-corrected chi connectivity index (χ2v) is 8.58. The first-order valence-corrected chi connectivity index (χ1v) is 10.3. The van der Waals surface area contributed by atoms with Crippen molar-refractivity contribution in [3.63, 3.8) is 0 Å². The standard InChI is InChI=1S/C18H29N3O4S/c1-14-5-6-17(13-15(14)2)26(23,24)21-10-8-20(9-11-21)16(3)18(22)19-7-12-25-4/h5-6,13,16H,7-12H2,1-4H3,(H,19,22)/t16-/m1/s1. The van der Waals surface area contributed by atoms with E-state index in [-0.39, 0.29) is 11.9 Å². The number of hydrogen-bond donors (Lipinski definition) is 1. The van der Waals surface area contributed by atoms with Crippen molar-refractivity contribution < 1.29 is 17.9 Å². The van der Waals surface area contributed by atoms with Gasteiger partial charge in [-0.1, -0.05) is 6.07 Å². The molecule has 1 aliphatic rings. The minimum Gasteiger partial charge on any atom is -0.383 e. The zero-order chi connectivity index (χ0) is 19.3. The highest BCUT2D eigenvalue weighted by Gasteiger charge is 2.31. The fourth-order valence-corrected chi connectivity index (χ4v) is 4.45. The number of piperazine rings is 1. The van der Waals surface area contributed by atoms with Gasteiger partial charge >= 0.3 is 0 Å². The topological polar surface area (TPSA) is 79.0 Å². The van der Waals surface area contributed by atoms with Gasteiger partial charge < -0.3 is 10.1 Å². The van der Waals surface area contributed by atoms with Crippen molar-refractivity contribution in [2.75, 3.05) is 46.4 Å². The van der Waals surface area contributed by atoms with Gasteiger partial charge in [-0.05, 0) is 44.0 Å². The van der Waals surface area contributed by atoms with E-state index in [1.54, 1.807) is 19.2 Å². The summed E-state index contributed by atoms with van der Waals surface area (Å²) in [4.78, 5) is 14.5. The number of hydrogen-bond acceptors (Lipinski definition) is 5.